The SMILES string of the molecule is CC(C)(O)COc1ccc(C(=O)N2CC[C@@]3(c4nccs4)OCO[C@H]3C2)cc1Cl. The van der Waals surface area contributed by atoms with Crippen molar-refractivity contribution in [2.45, 2.75) is 37.6 Å². The number of hydrogen-bond acceptors (Lipinski definition) is 7. The van der Waals surface area contributed by atoms with Crippen LogP contribution in [-0.4, -0.2) is 59.1 Å². The normalized spacial score (nSPS) is 24.4. The molecule has 3 heterocycles. The molecular formula is C20H23ClN2O5S. The summed E-state index contributed by atoms with van der Waals surface area (Å²) in [6, 6.07) is 4.93. The van der Waals surface area contributed by atoms with Crippen LogP contribution in [0.5, 0.6) is 5.75 Å². The molecule has 2 fully saturated rings. The number of benzene rings is 1. The van der Waals surface area contributed by atoms with Gasteiger partial charge in [-0.05, 0) is 32.0 Å². The van der Waals surface area contributed by atoms with Crippen molar-refractivity contribution < 1.29 is 24.1 Å². The average molecular weight is 439 g/mol. The van der Waals surface area contributed by atoms with E-state index in [0.717, 1.165) is 5.01 Å². The van der Waals surface area contributed by atoms with Gasteiger partial charge in [-0.2, -0.15) is 0 Å². The van der Waals surface area contributed by atoms with Gasteiger partial charge in [0, 0.05) is 30.1 Å². The quantitative estimate of drug-likeness (QED) is 0.772. The maximum Gasteiger partial charge on any atom is 0.254 e. The lowest BCUT2D eigenvalue weighted by molar-refractivity contribution is -0.0440. The highest BCUT2D eigenvalue weighted by molar-refractivity contribution is 7.09. The Hall–Kier alpha value is -1.71. The molecule has 0 aliphatic carbocycles. The van der Waals surface area contributed by atoms with E-state index >= 15 is 0 Å². The van der Waals surface area contributed by atoms with Gasteiger partial charge in [-0.1, -0.05) is 11.6 Å². The van der Waals surface area contributed by atoms with Crippen LogP contribution in [0.3, 0.4) is 0 Å². The minimum absolute atomic E-state index is 0.101. The van der Waals surface area contributed by atoms with E-state index in [-0.39, 0.29) is 25.4 Å². The number of aromatic nitrogens is 1. The van der Waals surface area contributed by atoms with Gasteiger partial charge in [-0.3, -0.25) is 4.79 Å². The van der Waals surface area contributed by atoms with Crippen molar-refractivity contribution >= 4 is 28.8 Å². The third kappa shape index (κ3) is 4.13. The molecule has 1 aromatic carbocycles. The van der Waals surface area contributed by atoms with E-state index in [2.05, 4.69) is 4.98 Å². The van der Waals surface area contributed by atoms with E-state index in [1.165, 1.54) is 0 Å². The molecule has 2 saturated heterocycles. The summed E-state index contributed by atoms with van der Waals surface area (Å²) in [5.41, 5.74) is -1.07. The first-order valence-electron chi connectivity index (χ1n) is 9.38. The molecule has 9 heteroatoms. The molecule has 0 spiro atoms. The van der Waals surface area contributed by atoms with Crippen molar-refractivity contribution in [1.29, 1.82) is 0 Å². The van der Waals surface area contributed by atoms with E-state index in [4.69, 9.17) is 25.8 Å². The number of amides is 1. The molecule has 2 aliphatic rings. The number of nitrogens with zero attached hydrogens (tertiary/aromatic N) is 2. The summed E-state index contributed by atoms with van der Waals surface area (Å²) in [6.45, 7) is 4.56. The summed E-state index contributed by atoms with van der Waals surface area (Å²) in [5.74, 6) is 0.309. The number of carbonyl (C=O) groups excluding carboxylic acids is 1. The third-order valence-corrected chi connectivity index (χ3v) is 6.31. The van der Waals surface area contributed by atoms with E-state index in [9.17, 15) is 9.90 Å². The maximum absolute atomic E-state index is 13.0. The number of likely N-dealkylation sites (tertiary alicyclic amines) is 1. The predicted octanol–water partition coefficient (Wildman–Crippen LogP) is 3.06. The second-order valence-corrected chi connectivity index (χ2v) is 9.19. The van der Waals surface area contributed by atoms with Gasteiger partial charge in [0.05, 0.1) is 17.2 Å². The van der Waals surface area contributed by atoms with Gasteiger partial charge >= 0.3 is 0 Å². The lowest BCUT2D eigenvalue weighted by atomic mass is 9.89. The molecule has 0 unspecified atom stereocenters. The number of thiazole rings is 1. The summed E-state index contributed by atoms with van der Waals surface area (Å²) in [6.07, 6.45) is 2.13. The van der Waals surface area contributed by atoms with Gasteiger partial charge in [0.2, 0.25) is 0 Å². The number of halogens is 1. The van der Waals surface area contributed by atoms with Crippen molar-refractivity contribution in [3.8, 4) is 5.75 Å². The van der Waals surface area contributed by atoms with Crippen LogP contribution in [0.2, 0.25) is 5.02 Å². The Kier molecular flexibility index (Phi) is 5.56. The first-order chi connectivity index (χ1) is 13.8. The molecule has 4 rings (SSSR count). The van der Waals surface area contributed by atoms with Crippen molar-refractivity contribution in [1.82, 2.24) is 9.88 Å². The third-order valence-electron chi connectivity index (χ3n) is 5.09. The zero-order chi connectivity index (χ0) is 20.6. The maximum atomic E-state index is 13.0. The van der Waals surface area contributed by atoms with Crippen molar-refractivity contribution in [3.63, 3.8) is 0 Å². The number of piperidine rings is 1. The fraction of sp³-hybridized carbons (Fsp3) is 0.500. The molecule has 1 amide bonds. The van der Waals surface area contributed by atoms with E-state index in [0.29, 0.717) is 35.8 Å². The Morgan fingerprint density at radius 2 is 2.34 bits per heavy atom. The van der Waals surface area contributed by atoms with Crippen LogP contribution in [0, 0.1) is 0 Å². The van der Waals surface area contributed by atoms with Crippen LogP contribution in [0.1, 0.15) is 35.6 Å². The molecule has 2 aliphatic heterocycles. The van der Waals surface area contributed by atoms with Gasteiger partial charge in [-0.25, -0.2) is 4.98 Å². The molecule has 156 valence electrons. The van der Waals surface area contributed by atoms with Crippen LogP contribution < -0.4 is 4.74 Å². The number of hydrogen-bond donors (Lipinski definition) is 1. The van der Waals surface area contributed by atoms with Crippen LogP contribution >= 0.6 is 22.9 Å². The summed E-state index contributed by atoms with van der Waals surface area (Å²) >= 11 is 7.83. The number of carbonyl (C=O) groups is 1. The summed E-state index contributed by atoms with van der Waals surface area (Å²) in [7, 11) is 0. The van der Waals surface area contributed by atoms with E-state index < -0.39 is 11.2 Å². The van der Waals surface area contributed by atoms with E-state index in [1.54, 1.807) is 54.5 Å². The zero-order valence-electron chi connectivity index (χ0n) is 16.3. The summed E-state index contributed by atoms with van der Waals surface area (Å²) in [5, 5.41) is 12.9. The Bertz CT molecular complexity index is 885. The van der Waals surface area contributed by atoms with Gasteiger partial charge in [0.25, 0.3) is 5.91 Å². The molecule has 1 N–H and O–H groups in total. The topological polar surface area (TPSA) is 81.1 Å². The molecular weight excluding hydrogens is 416 g/mol. The highest BCUT2D eigenvalue weighted by atomic mass is 35.5. The first kappa shape index (κ1) is 20.6. The monoisotopic (exact) mass is 438 g/mol. The smallest absolute Gasteiger partial charge is 0.254 e. The number of rotatable bonds is 5. The molecule has 0 bridgehead atoms. The standard InChI is InChI=1S/C20H23ClN2O5S/c1-19(2,25)11-26-15-4-3-13(9-14(15)21)17(24)23-7-5-20(18-22-6-8-29-18)16(10-23)27-12-28-20/h3-4,6,8-9,16,25H,5,7,10-12H2,1-2H3/t16-,20+/m0/s1. The minimum Gasteiger partial charge on any atom is -0.489 e. The molecule has 2 atom stereocenters. The van der Waals surface area contributed by atoms with Crippen LogP contribution in [0.15, 0.2) is 29.8 Å². The molecule has 0 saturated carbocycles. The van der Waals surface area contributed by atoms with Gasteiger partial charge in [0.15, 0.2) is 5.60 Å². The number of ether oxygens (including phenoxy) is 3. The van der Waals surface area contributed by atoms with Crippen molar-refractivity contribution in [2.75, 3.05) is 26.5 Å². The molecule has 1 aromatic heterocycles. The second kappa shape index (κ2) is 7.85. The second-order valence-electron chi connectivity index (χ2n) is 7.89. The van der Waals surface area contributed by atoms with E-state index in [1.807, 2.05) is 5.38 Å². The summed E-state index contributed by atoms with van der Waals surface area (Å²) < 4.78 is 17.3. The predicted molar refractivity (Wildman–Crippen MR) is 108 cm³/mol. The van der Waals surface area contributed by atoms with Gasteiger partial charge < -0.3 is 24.2 Å². The highest BCUT2D eigenvalue weighted by Gasteiger charge is 2.52. The Labute approximate surface area is 178 Å². The lowest BCUT2D eigenvalue weighted by Gasteiger charge is -2.40. The van der Waals surface area contributed by atoms with Crippen LogP contribution in [-0.2, 0) is 15.1 Å². The zero-order valence-corrected chi connectivity index (χ0v) is 17.8. The first-order valence-corrected chi connectivity index (χ1v) is 10.6. The Morgan fingerprint density at radius 1 is 1.52 bits per heavy atom. The Morgan fingerprint density at radius 3 is 3.03 bits per heavy atom. The average Bonchev–Trinajstić information content (AvgIpc) is 3.35. The molecule has 0 radical (unpaired) electrons. The van der Waals surface area contributed by atoms with Crippen LogP contribution in [0.4, 0.5) is 0 Å². The minimum atomic E-state index is -0.973. The Balaban J connectivity index is 1.46. The van der Waals surface area contributed by atoms with Crippen molar-refractivity contribution in [3.05, 3.63) is 45.4 Å². The fourth-order valence-corrected chi connectivity index (χ4v) is 4.69. The molecule has 7 nitrogen and oxygen atoms in total. The number of fused-ring (bicyclic) bond motifs is 1. The highest BCUT2D eigenvalue weighted by Crippen LogP contribution is 2.43. The lowest BCUT2D eigenvalue weighted by Crippen LogP contribution is -2.53. The molecule has 29 heavy (non-hydrogen) atoms. The molecule has 2 aromatic rings. The van der Waals surface area contributed by atoms with Gasteiger partial charge in [0.1, 0.15) is 30.3 Å². The number of aliphatic hydroxyl groups is 1. The summed E-state index contributed by atoms with van der Waals surface area (Å²) in [4.78, 5) is 19.2. The largest absolute Gasteiger partial charge is 0.489 e. The van der Waals surface area contributed by atoms with Crippen molar-refractivity contribution in [2.24, 2.45) is 0 Å². The van der Waals surface area contributed by atoms with Gasteiger partial charge in [-0.15, -0.1) is 11.3 Å². The van der Waals surface area contributed by atoms with Crippen LogP contribution in [0.25, 0.3) is 0 Å². The fourth-order valence-electron chi connectivity index (χ4n) is 3.59.